The van der Waals surface area contributed by atoms with E-state index in [2.05, 4.69) is 49.8 Å². The summed E-state index contributed by atoms with van der Waals surface area (Å²) in [5, 5.41) is 7.60. The van der Waals surface area contributed by atoms with Crippen LogP contribution in [0.5, 0.6) is 0 Å². The number of aliphatic imine (C=N–C) groups is 1. The zero-order chi connectivity index (χ0) is 11.7. The van der Waals surface area contributed by atoms with Crippen LogP contribution in [0.4, 0.5) is 0 Å². The van der Waals surface area contributed by atoms with Crippen LogP contribution in [0.2, 0.25) is 0 Å². The molecule has 82 valence electrons. The number of hydrogen-bond acceptors (Lipinski definition) is 2. The van der Waals surface area contributed by atoms with Crippen molar-refractivity contribution in [1.29, 1.82) is 0 Å². The lowest BCUT2D eigenvalue weighted by molar-refractivity contribution is 0.826. The second-order valence-corrected chi connectivity index (χ2v) is 3.72. The maximum absolute atomic E-state index is 4.13. The van der Waals surface area contributed by atoms with Crippen molar-refractivity contribution in [3.63, 3.8) is 0 Å². The molecule has 0 aromatic heterocycles. The fourth-order valence-electron chi connectivity index (χ4n) is 0.606. The van der Waals surface area contributed by atoms with Crippen LogP contribution in [0.25, 0.3) is 0 Å². The van der Waals surface area contributed by atoms with Gasteiger partial charge in [0.15, 0.2) is 5.84 Å². The first kappa shape index (κ1) is 13.8. The quantitative estimate of drug-likeness (QED) is 0.269. The molecule has 1 N–H and O–H groups in total. The van der Waals surface area contributed by atoms with E-state index in [9.17, 15) is 0 Å². The number of nitrogens with zero attached hydrogens (tertiary/aromatic N) is 3. The third-order valence-electron chi connectivity index (χ3n) is 1.13. The molecule has 0 aromatic carbocycles. The largest absolute Gasteiger partial charge is 0.265 e. The summed E-state index contributed by atoms with van der Waals surface area (Å²) < 4.78 is 0.759. The first-order chi connectivity index (χ1) is 7.06. The average Bonchev–Trinajstić information content (AvgIpc) is 2.13. The van der Waals surface area contributed by atoms with Crippen LogP contribution >= 0.6 is 15.9 Å². The Balaban J connectivity index is 4.42. The standard InChI is InChI=1S/C10H15BrN4/c1-5-12-10(7-6-9(4)11)14-15-13-8(2)3/h6-7H,2,4-5H2,1,3H3,(H,12,13,14)/b7-6-. The van der Waals surface area contributed by atoms with Gasteiger partial charge < -0.3 is 0 Å². The Morgan fingerprint density at radius 1 is 1.40 bits per heavy atom. The normalized spacial score (nSPS) is 12.3. The van der Waals surface area contributed by atoms with Gasteiger partial charge >= 0.3 is 0 Å². The molecule has 0 aliphatic carbocycles. The van der Waals surface area contributed by atoms with Gasteiger partial charge in [-0.05, 0) is 26.0 Å². The molecule has 0 heterocycles. The highest BCUT2D eigenvalue weighted by atomic mass is 79.9. The van der Waals surface area contributed by atoms with Crippen molar-refractivity contribution >= 4 is 21.8 Å². The van der Waals surface area contributed by atoms with Gasteiger partial charge in [0.1, 0.15) is 0 Å². The maximum Gasteiger partial charge on any atom is 0.171 e. The molecule has 0 fully saturated rings. The van der Waals surface area contributed by atoms with Gasteiger partial charge in [-0.25, -0.2) is 0 Å². The van der Waals surface area contributed by atoms with Crippen molar-refractivity contribution in [1.82, 2.24) is 5.43 Å². The molecule has 0 bridgehead atoms. The van der Waals surface area contributed by atoms with Crippen LogP contribution in [0.15, 0.2) is 50.8 Å². The maximum atomic E-state index is 4.13. The number of hydrogen-bond donors (Lipinski definition) is 1. The van der Waals surface area contributed by atoms with Crippen molar-refractivity contribution in [2.45, 2.75) is 13.8 Å². The van der Waals surface area contributed by atoms with E-state index in [1.165, 1.54) is 0 Å². The zero-order valence-corrected chi connectivity index (χ0v) is 10.6. The molecule has 0 amide bonds. The number of nitrogens with one attached hydrogen (secondary N) is 1. The summed E-state index contributed by atoms with van der Waals surface area (Å²) in [5.41, 5.74) is 3.36. The highest BCUT2D eigenvalue weighted by Crippen LogP contribution is 2.02. The van der Waals surface area contributed by atoms with Crippen LogP contribution in [-0.2, 0) is 0 Å². The first-order valence-corrected chi connectivity index (χ1v) is 5.24. The first-order valence-electron chi connectivity index (χ1n) is 4.45. The van der Waals surface area contributed by atoms with Gasteiger partial charge in [0.25, 0.3) is 0 Å². The van der Waals surface area contributed by atoms with Gasteiger partial charge in [-0.1, -0.05) is 34.3 Å². The molecule has 5 heteroatoms. The molecular formula is C10H15BrN4. The molecule has 0 atom stereocenters. The van der Waals surface area contributed by atoms with Gasteiger partial charge in [0.05, 0.1) is 0 Å². The summed E-state index contributed by atoms with van der Waals surface area (Å²) in [4.78, 5) is 4.13. The van der Waals surface area contributed by atoms with Crippen molar-refractivity contribution in [3.05, 3.63) is 35.5 Å². The molecule has 0 radical (unpaired) electrons. The second kappa shape index (κ2) is 8.11. The summed E-state index contributed by atoms with van der Waals surface area (Å²) in [6.07, 6.45) is 3.48. The number of rotatable bonds is 5. The van der Waals surface area contributed by atoms with Crippen molar-refractivity contribution in [2.75, 3.05) is 6.54 Å². The molecule has 0 rings (SSSR count). The lowest BCUT2D eigenvalue weighted by atomic mass is 10.4. The highest BCUT2D eigenvalue weighted by Gasteiger charge is 1.89. The topological polar surface area (TPSA) is 49.1 Å². The van der Waals surface area contributed by atoms with Gasteiger partial charge in [0.2, 0.25) is 0 Å². The molecule has 0 aliphatic heterocycles. The molecule has 4 nitrogen and oxygen atoms in total. The summed E-state index contributed by atoms with van der Waals surface area (Å²) >= 11 is 3.21. The molecule has 0 aliphatic rings. The van der Waals surface area contributed by atoms with Gasteiger partial charge in [-0.15, -0.1) is 5.11 Å². The van der Waals surface area contributed by atoms with Gasteiger partial charge in [0, 0.05) is 16.7 Å². The third kappa shape index (κ3) is 9.08. The zero-order valence-electron chi connectivity index (χ0n) is 9.00. The minimum atomic E-state index is 0.534. The number of allylic oxidation sites excluding steroid dienone is 3. The number of halogens is 1. The van der Waals surface area contributed by atoms with Crippen molar-refractivity contribution in [2.24, 2.45) is 15.3 Å². The minimum Gasteiger partial charge on any atom is -0.265 e. The van der Waals surface area contributed by atoms with E-state index in [-0.39, 0.29) is 0 Å². The van der Waals surface area contributed by atoms with Crippen LogP contribution < -0.4 is 5.43 Å². The molecular weight excluding hydrogens is 256 g/mol. The molecule has 0 saturated carbocycles. The van der Waals surface area contributed by atoms with Gasteiger partial charge in [-0.3, -0.25) is 10.4 Å². The Bertz CT molecular complexity index is 315. The fourth-order valence-corrected chi connectivity index (χ4v) is 0.738. The lowest BCUT2D eigenvalue weighted by Crippen LogP contribution is -2.00. The van der Waals surface area contributed by atoms with E-state index in [0.717, 1.165) is 10.2 Å². The summed E-state index contributed by atoms with van der Waals surface area (Å²) in [7, 11) is 0. The third-order valence-corrected chi connectivity index (χ3v) is 1.39. The summed E-state index contributed by atoms with van der Waals surface area (Å²) in [6.45, 7) is 11.7. The minimum absolute atomic E-state index is 0.534. The molecule has 0 aromatic rings. The van der Waals surface area contributed by atoms with Crippen LogP contribution in [0.1, 0.15) is 13.8 Å². The smallest absolute Gasteiger partial charge is 0.171 e. The molecule has 0 unspecified atom stereocenters. The van der Waals surface area contributed by atoms with Crippen LogP contribution in [-0.4, -0.2) is 12.4 Å². The second-order valence-electron chi connectivity index (χ2n) is 2.70. The molecule has 0 spiro atoms. The molecule has 15 heavy (non-hydrogen) atoms. The Kier molecular flexibility index (Phi) is 7.44. The Morgan fingerprint density at radius 2 is 2.07 bits per heavy atom. The Hall–Kier alpha value is -1.23. The fraction of sp³-hybridized carbons (Fsp3) is 0.300. The highest BCUT2D eigenvalue weighted by molar-refractivity contribution is 9.11. The van der Waals surface area contributed by atoms with Crippen LogP contribution in [0, 0.1) is 0 Å². The van der Waals surface area contributed by atoms with Crippen molar-refractivity contribution in [3.8, 4) is 0 Å². The Labute approximate surface area is 98.7 Å². The van der Waals surface area contributed by atoms with E-state index >= 15 is 0 Å². The number of amidine groups is 1. The van der Waals surface area contributed by atoms with Crippen molar-refractivity contribution < 1.29 is 0 Å². The van der Waals surface area contributed by atoms with E-state index < -0.39 is 0 Å². The van der Waals surface area contributed by atoms with E-state index in [1.807, 2.05) is 6.92 Å². The predicted octanol–water partition coefficient (Wildman–Crippen LogP) is 3.36. The van der Waals surface area contributed by atoms with E-state index in [1.54, 1.807) is 19.1 Å². The predicted molar refractivity (Wildman–Crippen MR) is 68.0 cm³/mol. The summed E-state index contributed by atoms with van der Waals surface area (Å²) in [5.74, 6) is 0.534. The van der Waals surface area contributed by atoms with Crippen LogP contribution in [0.3, 0.4) is 0 Å². The SMILES string of the molecule is C=C(Br)/C=C\C(N=NNC(=C)C)=NCC. The lowest BCUT2D eigenvalue weighted by Gasteiger charge is -1.94. The Morgan fingerprint density at radius 3 is 2.53 bits per heavy atom. The van der Waals surface area contributed by atoms with E-state index in [4.69, 9.17) is 0 Å². The average molecular weight is 271 g/mol. The monoisotopic (exact) mass is 270 g/mol. The van der Waals surface area contributed by atoms with Gasteiger partial charge in [-0.2, -0.15) is 0 Å². The molecule has 0 saturated heterocycles. The van der Waals surface area contributed by atoms with E-state index in [0.29, 0.717) is 12.4 Å². The summed E-state index contributed by atoms with van der Waals surface area (Å²) in [6, 6.07) is 0.